The molecule has 0 heterocycles. The smallest absolute Gasteiger partial charge is 0.382 e. The summed E-state index contributed by atoms with van der Waals surface area (Å²) in [5, 5.41) is 10.3. The highest BCUT2D eigenvalue weighted by molar-refractivity contribution is 5.75. The summed E-state index contributed by atoms with van der Waals surface area (Å²) in [6.45, 7) is 0.728. The van der Waals surface area contributed by atoms with Crippen LogP contribution in [-0.2, 0) is 4.79 Å². The first-order valence-corrected chi connectivity index (χ1v) is 3.39. The van der Waals surface area contributed by atoms with Gasteiger partial charge < -0.3 is 10.4 Å². The molecule has 1 unspecified atom stereocenters. The van der Waals surface area contributed by atoms with Crippen molar-refractivity contribution in [1.82, 2.24) is 5.32 Å². The van der Waals surface area contributed by atoms with Crippen molar-refractivity contribution >= 4 is 5.91 Å². The Morgan fingerprint density at radius 1 is 1.58 bits per heavy atom. The monoisotopic (exact) mass is 185 g/mol. The van der Waals surface area contributed by atoms with Gasteiger partial charge in [0.05, 0.1) is 6.54 Å². The SMILES string of the molecule is CCC(=O)NCC(O)C(F)(F)F. The highest BCUT2D eigenvalue weighted by atomic mass is 19.4. The van der Waals surface area contributed by atoms with Gasteiger partial charge in [-0.15, -0.1) is 0 Å². The summed E-state index contributed by atoms with van der Waals surface area (Å²) < 4.78 is 34.8. The minimum atomic E-state index is -4.67. The van der Waals surface area contributed by atoms with Crippen molar-refractivity contribution in [3.63, 3.8) is 0 Å². The maximum absolute atomic E-state index is 11.6. The van der Waals surface area contributed by atoms with E-state index < -0.39 is 24.7 Å². The Morgan fingerprint density at radius 3 is 2.42 bits per heavy atom. The van der Waals surface area contributed by atoms with Crippen LogP contribution in [0.15, 0.2) is 0 Å². The summed E-state index contributed by atoms with van der Waals surface area (Å²) >= 11 is 0. The number of nitrogens with one attached hydrogen (secondary N) is 1. The summed E-state index contributed by atoms with van der Waals surface area (Å²) in [6.07, 6.45) is -7.04. The Labute approximate surface area is 67.6 Å². The number of carbonyl (C=O) groups is 1. The van der Waals surface area contributed by atoms with Gasteiger partial charge in [0, 0.05) is 6.42 Å². The van der Waals surface area contributed by atoms with Crippen LogP contribution in [0.1, 0.15) is 13.3 Å². The van der Waals surface area contributed by atoms with E-state index >= 15 is 0 Å². The molecule has 3 nitrogen and oxygen atoms in total. The average Bonchev–Trinajstić information content (AvgIpc) is 1.97. The van der Waals surface area contributed by atoms with E-state index in [0.29, 0.717) is 0 Å². The molecule has 1 atom stereocenters. The van der Waals surface area contributed by atoms with Crippen LogP contribution in [0.2, 0.25) is 0 Å². The summed E-state index contributed by atoms with van der Waals surface area (Å²) in [7, 11) is 0. The zero-order valence-corrected chi connectivity index (χ0v) is 6.48. The molecule has 2 N–H and O–H groups in total. The molecule has 12 heavy (non-hydrogen) atoms. The predicted octanol–water partition coefficient (Wildman–Crippen LogP) is 0.436. The van der Waals surface area contributed by atoms with E-state index in [0.717, 1.165) is 0 Å². The van der Waals surface area contributed by atoms with E-state index in [2.05, 4.69) is 0 Å². The highest BCUT2D eigenvalue weighted by Gasteiger charge is 2.37. The molecule has 0 aliphatic carbocycles. The summed E-state index contributed by atoms with van der Waals surface area (Å²) in [4.78, 5) is 10.5. The number of hydrogen-bond acceptors (Lipinski definition) is 2. The van der Waals surface area contributed by atoms with Gasteiger partial charge in [-0.1, -0.05) is 6.92 Å². The minimum Gasteiger partial charge on any atom is -0.382 e. The first-order valence-electron chi connectivity index (χ1n) is 3.39. The third kappa shape index (κ3) is 4.17. The Hall–Kier alpha value is -0.780. The number of halogens is 3. The number of rotatable bonds is 3. The molecule has 0 saturated heterocycles. The van der Waals surface area contributed by atoms with E-state index in [1.807, 2.05) is 5.32 Å². The number of alkyl halides is 3. The molecule has 6 heteroatoms. The Kier molecular flexibility index (Phi) is 4.02. The first-order chi connectivity index (χ1) is 5.38. The van der Waals surface area contributed by atoms with Crippen LogP contribution in [0.4, 0.5) is 13.2 Å². The quantitative estimate of drug-likeness (QED) is 0.670. The standard InChI is InChI=1S/C6H10F3NO2/c1-2-5(12)10-3-4(11)6(7,8)9/h4,11H,2-3H2,1H3,(H,10,12). The second kappa shape index (κ2) is 4.30. The molecule has 0 rings (SSSR count). The lowest BCUT2D eigenvalue weighted by molar-refractivity contribution is -0.201. The topological polar surface area (TPSA) is 49.3 Å². The molecule has 0 aliphatic rings. The molecule has 0 spiro atoms. The van der Waals surface area contributed by atoms with Gasteiger partial charge in [-0.05, 0) is 0 Å². The van der Waals surface area contributed by atoms with Crippen LogP contribution < -0.4 is 5.32 Å². The van der Waals surface area contributed by atoms with Gasteiger partial charge in [0.25, 0.3) is 0 Å². The predicted molar refractivity (Wildman–Crippen MR) is 35.4 cm³/mol. The lowest BCUT2D eigenvalue weighted by atomic mass is 10.3. The van der Waals surface area contributed by atoms with Gasteiger partial charge in [-0.3, -0.25) is 4.79 Å². The van der Waals surface area contributed by atoms with Gasteiger partial charge >= 0.3 is 6.18 Å². The second-order valence-corrected chi connectivity index (χ2v) is 2.22. The summed E-state index contributed by atoms with van der Waals surface area (Å²) in [5.74, 6) is -0.515. The molecule has 0 saturated carbocycles. The summed E-state index contributed by atoms with van der Waals surface area (Å²) in [5.41, 5.74) is 0. The summed E-state index contributed by atoms with van der Waals surface area (Å²) in [6, 6.07) is 0. The molecule has 0 aromatic rings. The average molecular weight is 185 g/mol. The van der Waals surface area contributed by atoms with Crippen molar-refractivity contribution in [2.24, 2.45) is 0 Å². The lowest BCUT2D eigenvalue weighted by Gasteiger charge is -2.14. The van der Waals surface area contributed by atoms with Crippen LogP contribution >= 0.6 is 0 Å². The van der Waals surface area contributed by atoms with E-state index in [4.69, 9.17) is 5.11 Å². The molecule has 0 bridgehead atoms. The van der Waals surface area contributed by atoms with Crippen molar-refractivity contribution in [1.29, 1.82) is 0 Å². The van der Waals surface area contributed by atoms with Gasteiger partial charge in [0.15, 0.2) is 6.10 Å². The molecule has 0 aromatic heterocycles. The number of amides is 1. The van der Waals surface area contributed by atoms with Gasteiger partial charge in [-0.25, -0.2) is 0 Å². The van der Waals surface area contributed by atoms with Gasteiger partial charge in [0.2, 0.25) is 5.91 Å². The Bertz CT molecular complexity index is 157. The van der Waals surface area contributed by atoms with Crippen LogP contribution in [0.3, 0.4) is 0 Å². The molecule has 0 aliphatic heterocycles. The molecule has 1 amide bonds. The number of carbonyl (C=O) groups excluding carboxylic acids is 1. The Balaban J connectivity index is 3.72. The van der Waals surface area contributed by atoms with Gasteiger partial charge in [-0.2, -0.15) is 13.2 Å². The first kappa shape index (κ1) is 11.2. The van der Waals surface area contributed by atoms with Crippen molar-refractivity contribution in [2.45, 2.75) is 25.6 Å². The second-order valence-electron chi connectivity index (χ2n) is 2.22. The number of aliphatic hydroxyl groups is 1. The maximum Gasteiger partial charge on any atom is 0.416 e. The van der Waals surface area contributed by atoms with Crippen LogP contribution in [-0.4, -0.2) is 29.8 Å². The Morgan fingerprint density at radius 2 is 2.08 bits per heavy atom. The zero-order valence-electron chi connectivity index (χ0n) is 6.48. The van der Waals surface area contributed by atoms with E-state index in [1.165, 1.54) is 6.92 Å². The highest BCUT2D eigenvalue weighted by Crippen LogP contribution is 2.18. The molecule has 72 valence electrons. The largest absolute Gasteiger partial charge is 0.416 e. The van der Waals surface area contributed by atoms with E-state index in [9.17, 15) is 18.0 Å². The fourth-order valence-corrected chi connectivity index (χ4v) is 0.451. The van der Waals surface area contributed by atoms with Crippen LogP contribution in [0.5, 0.6) is 0 Å². The fourth-order valence-electron chi connectivity index (χ4n) is 0.451. The minimum absolute atomic E-state index is 0.102. The van der Waals surface area contributed by atoms with Crippen molar-refractivity contribution in [3.05, 3.63) is 0 Å². The number of hydrogen-bond donors (Lipinski definition) is 2. The third-order valence-corrected chi connectivity index (χ3v) is 1.19. The normalized spacial score (nSPS) is 14.1. The van der Waals surface area contributed by atoms with Crippen molar-refractivity contribution < 1.29 is 23.1 Å². The maximum atomic E-state index is 11.6. The van der Waals surface area contributed by atoms with Crippen LogP contribution in [0.25, 0.3) is 0 Å². The van der Waals surface area contributed by atoms with Crippen molar-refractivity contribution in [3.8, 4) is 0 Å². The molecule has 0 fully saturated rings. The molecule has 0 radical (unpaired) electrons. The molecular formula is C6H10F3NO2. The molecule has 0 aromatic carbocycles. The number of aliphatic hydroxyl groups excluding tert-OH is 1. The van der Waals surface area contributed by atoms with Gasteiger partial charge in [0.1, 0.15) is 0 Å². The van der Waals surface area contributed by atoms with Crippen molar-refractivity contribution in [2.75, 3.05) is 6.54 Å². The lowest BCUT2D eigenvalue weighted by Crippen LogP contribution is -2.40. The zero-order chi connectivity index (χ0) is 9.78. The fraction of sp³-hybridized carbons (Fsp3) is 0.833. The molecular weight excluding hydrogens is 175 g/mol. The van der Waals surface area contributed by atoms with E-state index in [-0.39, 0.29) is 6.42 Å². The third-order valence-electron chi connectivity index (χ3n) is 1.19. The van der Waals surface area contributed by atoms with Crippen LogP contribution in [0, 0.1) is 0 Å². The van der Waals surface area contributed by atoms with E-state index in [1.54, 1.807) is 0 Å².